The van der Waals surface area contributed by atoms with Crippen LogP contribution < -0.4 is 49.4 Å². The van der Waals surface area contributed by atoms with Gasteiger partial charge in [0.25, 0.3) is 0 Å². The number of carbonyl (C=O) groups is 1. The Bertz CT molecular complexity index is 75.7. The first-order chi connectivity index (χ1) is 3.46. The largest absolute Gasteiger partial charge is 3.00 e. The molecule has 0 spiro atoms. The van der Waals surface area contributed by atoms with E-state index in [4.69, 9.17) is 29.1 Å². The molecule has 0 unspecified atom stereocenters. The molecule has 0 aliphatic carbocycles. The number of carbonyl (C=O) groups excluding carboxylic acids is 1. The number of hydrogen-bond acceptors (Lipinski definition) is 6. The molecule has 0 saturated heterocycles. The first-order valence-electron chi connectivity index (χ1n) is 1.22. The fourth-order valence-electron chi connectivity index (χ4n) is 0. The van der Waals surface area contributed by atoms with Crippen molar-refractivity contribution in [2.45, 2.75) is 0 Å². The molecular formula is CCeNaO6Si. The average Bonchev–Trinajstić information content (AvgIpc) is 1.25. The van der Waals surface area contributed by atoms with E-state index in [1.54, 1.807) is 0 Å². The van der Waals surface area contributed by atoms with Crippen LogP contribution in [-0.2, 0) is 4.46 Å². The van der Waals surface area contributed by atoms with E-state index >= 15 is 0 Å². The number of rotatable bonds is 0. The second kappa shape index (κ2) is 16.7. The molecule has 0 fully saturated rings. The summed E-state index contributed by atoms with van der Waals surface area (Å²) in [5.41, 5.74) is 0. The van der Waals surface area contributed by atoms with Gasteiger partial charge < -0.3 is 29.1 Å². The molecule has 0 atom stereocenters. The van der Waals surface area contributed by atoms with E-state index in [-0.39, 0.29) is 71.3 Å². The van der Waals surface area contributed by atoms with Crippen LogP contribution in [0.2, 0.25) is 0 Å². The molecule has 0 rings (SSSR count). The molecule has 0 aromatic carbocycles. The SMILES string of the molecule is O=C([O-])[O-].O=[Si]([O-])[O-].[Ce+3].[Na+]. The maximum atomic E-state index is 8.52. The predicted molar refractivity (Wildman–Crippen MR) is 11.8 cm³/mol. The summed E-state index contributed by atoms with van der Waals surface area (Å²) in [6.45, 7) is 0. The van der Waals surface area contributed by atoms with E-state index in [1.165, 1.54) is 0 Å². The van der Waals surface area contributed by atoms with Crippen molar-refractivity contribution in [2.24, 2.45) is 0 Å². The molecule has 0 aromatic rings. The Morgan fingerprint density at radius 3 is 1.20 bits per heavy atom. The smallest absolute Gasteiger partial charge is 0.672 e. The van der Waals surface area contributed by atoms with Crippen LogP contribution in [0.4, 0.5) is 4.79 Å². The van der Waals surface area contributed by atoms with Crippen LogP contribution in [0.25, 0.3) is 0 Å². The normalized spacial score (nSPS) is 4.80. The van der Waals surface area contributed by atoms with Crippen LogP contribution in [-0.4, -0.2) is 15.3 Å². The van der Waals surface area contributed by atoms with E-state index in [1.807, 2.05) is 0 Å². The average molecular weight is 299 g/mol. The van der Waals surface area contributed by atoms with Gasteiger partial charge in [-0.15, -0.1) is 0 Å². The zero-order valence-electron chi connectivity index (χ0n) is 4.95. The molecule has 10 heavy (non-hydrogen) atoms. The zero-order valence-corrected chi connectivity index (χ0v) is 11.1. The summed E-state index contributed by atoms with van der Waals surface area (Å²) >= 11 is 0. The summed E-state index contributed by atoms with van der Waals surface area (Å²) in [5, 5.41) is 16.7. The van der Waals surface area contributed by atoms with Crippen molar-refractivity contribution < 1.29 is 100 Å². The van der Waals surface area contributed by atoms with Gasteiger partial charge >= 0.3 is 71.3 Å². The maximum absolute atomic E-state index is 8.52. The quantitative estimate of drug-likeness (QED) is 0.409. The van der Waals surface area contributed by atoms with Crippen molar-refractivity contribution in [1.29, 1.82) is 0 Å². The Hall–Kier alpha value is 1.26. The monoisotopic (exact) mass is 299 g/mol. The zero-order chi connectivity index (χ0) is 7.15. The molecule has 0 heterocycles. The van der Waals surface area contributed by atoms with Crippen LogP contribution in [0.3, 0.4) is 0 Å². The fraction of sp³-hybridized carbons (Fsp3) is 0. The van der Waals surface area contributed by atoms with Gasteiger partial charge in [-0.05, 0) is 6.16 Å². The first-order valence-corrected chi connectivity index (χ1v) is 2.45. The summed E-state index contributed by atoms with van der Waals surface area (Å²) in [5.74, 6) is 0. The summed E-state index contributed by atoms with van der Waals surface area (Å²) in [4.78, 5) is 25.4. The van der Waals surface area contributed by atoms with Gasteiger partial charge in [0.2, 0.25) is 0 Å². The summed E-state index contributed by atoms with van der Waals surface area (Å²) < 4.78 is 8.52. The Morgan fingerprint density at radius 2 is 1.20 bits per heavy atom. The fourth-order valence-corrected chi connectivity index (χ4v) is 0. The molecule has 0 amide bonds. The maximum Gasteiger partial charge on any atom is 3.00 e. The van der Waals surface area contributed by atoms with Gasteiger partial charge in [-0.1, -0.05) is 0 Å². The van der Waals surface area contributed by atoms with Crippen molar-refractivity contribution in [2.75, 3.05) is 0 Å². The second-order valence-corrected chi connectivity index (χ2v) is 1.00. The van der Waals surface area contributed by atoms with E-state index in [9.17, 15) is 0 Å². The van der Waals surface area contributed by atoms with Crippen LogP contribution in [0.5, 0.6) is 0 Å². The van der Waals surface area contributed by atoms with Crippen molar-refractivity contribution in [3.63, 3.8) is 0 Å². The summed E-state index contributed by atoms with van der Waals surface area (Å²) in [6.07, 6.45) is -2.33. The van der Waals surface area contributed by atoms with E-state index in [0.717, 1.165) is 0 Å². The molecule has 0 N–H and O–H groups in total. The Kier molecular flexibility index (Phi) is 37.5. The molecule has 1 radical (unpaired) electrons. The third-order valence-electron chi connectivity index (χ3n) is 0. The van der Waals surface area contributed by atoms with E-state index in [0.29, 0.717) is 0 Å². The van der Waals surface area contributed by atoms with Gasteiger partial charge in [-0.25, -0.2) is 0 Å². The van der Waals surface area contributed by atoms with Crippen molar-refractivity contribution >= 4 is 15.3 Å². The Balaban J connectivity index is -0.0000000300. The molecule has 0 saturated carbocycles. The standard InChI is InChI=1S/CH2O3.Ce.Na.O3Si/c2-1(3)4;;;1-4(2)3/h(H2,2,3,4);;;/q;+3;+1;-2/p-2. The van der Waals surface area contributed by atoms with Gasteiger partial charge in [0.05, 0.1) is 0 Å². The summed E-state index contributed by atoms with van der Waals surface area (Å²) in [6, 6.07) is 0. The Morgan fingerprint density at radius 1 is 1.20 bits per heavy atom. The van der Waals surface area contributed by atoms with Gasteiger partial charge in [0.15, 0.2) is 0 Å². The van der Waals surface area contributed by atoms with Crippen LogP contribution in [0.15, 0.2) is 0 Å². The van der Waals surface area contributed by atoms with E-state index < -0.39 is 15.3 Å². The molecule has 49 valence electrons. The minimum absolute atomic E-state index is 0. The van der Waals surface area contributed by atoms with Crippen LogP contribution in [0.1, 0.15) is 0 Å². The molecule has 0 aliphatic rings. The molecule has 9 heteroatoms. The van der Waals surface area contributed by atoms with Crippen molar-refractivity contribution in [1.82, 2.24) is 0 Å². The van der Waals surface area contributed by atoms with Gasteiger partial charge in [0.1, 0.15) is 0 Å². The molecule has 0 aromatic heterocycles. The van der Waals surface area contributed by atoms with Crippen LogP contribution in [0, 0.1) is 41.7 Å². The number of carboxylic acid groups (broad SMARTS) is 2. The van der Waals surface area contributed by atoms with Crippen molar-refractivity contribution in [3.8, 4) is 0 Å². The summed E-state index contributed by atoms with van der Waals surface area (Å²) in [7, 11) is -3.63. The third kappa shape index (κ3) is 396. The number of hydrogen-bond donors (Lipinski definition) is 0. The van der Waals surface area contributed by atoms with E-state index in [2.05, 4.69) is 0 Å². The van der Waals surface area contributed by atoms with Crippen LogP contribution >= 0.6 is 0 Å². The van der Waals surface area contributed by atoms with Gasteiger partial charge in [-0.2, -0.15) is 0 Å². The third-order valence-corrected chi connectivity index (χ3v) is 0. The molecular weight excluding hydrogens is 299 g/mol. The predicted octanol–water partition coefficient (Wildman–Crippen LogP) is -8.32. The second-order valence-electron chi connectivity index (χ2n) is 0.500. The minimum Gasteiger partial charge on any atom is -0.672 e. The van der Waals surface area contributed by atoms with Crippen molar-refractivity contribution in [3.05, 3.63) is 0 Å². The molecule has 6 nitrogen and oxygen atoms in total. The first kappa shape index (κ1) is 22.5. The molecule has 0 aliphatic heterocycles. The van der Waals surface area contributed by atoms with Gasteiger partial charge in [0, 0.05) is 9.17 Å². The molecule has 0 bridgehead atoms. The topological polar surface area (TPSA) is 126 Å². The van der Waals surface area contributed by atoms with Gasteiger partial charge in [-0.3, -0.25) is 0 Å². The Labute approximate surface area is 114 Å². The minimum atomic E-state index is -3.63.